The first kappa shape index (κ1) is 8.09. The monoisotopic (exact) mass is 210 g/mol. The van der Waals surface area contributed by atoms with Crippen LogP contribution in [0.25, 0.3) is 0 Å². The molecule has 1 aromatic heterocycles. The number of pyridine rings is 1. The second-order valence-corrected chi connectivity index (χ2v) is 2.47. The molecule has 0 fully saturated rings. The minimum atomic E-state index is 0.661. The van der Waals surface area contributed by atoms with Gasteiger partial charge in [-0.05, 0) is 18.1 Å². The lowest BCUT2D eigenvalue weighted by Gasteiger charge is -1.89. The number of aromatic nitrogens is 1. The predicted molar refractivity (Wildman–Crippen MR) is 49.3 cm³/mol. The van der Waals surface area contributed by atoms with Crippen molar-refractivity contribution in [1.29, 1.82) is 0 Å². The normalized spacial score (nSPS) is 8.45. The fourth-order valence-electron chi connectivity index (χ4n) is 0.603. The molecule has 56 valence electrons. The van der Waals surface area contributed by atoms with E-state index in [-0.39, 0.29) is 0 Å². The number of rotatable bonds is 0. The maximum Gasteiger partial charge on any atom is 0.113 e. The fraction of sp³-hybridized carbons (Fsp3) is 0.125. The molecule has 2 N–H and O–H groups in total. The summed E-state index contributed by atoms with van der Waals surface area (Å²) in [5.41, 5.74) is 6.85. The van der Waals surface area contributed by atoms with E-state index in [1.807, 2.05) is 0 Å². The van der Waals surface area contributed by atoms with Gasteiger partial charge in [-0.15, -0.1) is 0 Å². The lowest BCUT2D eigenvalue weighted by atomic mass is 10.3. The summed E-state index contributed by atoms with van der Waals surface area (Å²) < 4.78 is 0. The molecule has 11 heavy (non-hydrogen) atoms. The average Bonchev–Trinajstić information content (AvgIpc) is 2.04. The van der Waals surface area contributed by atoms with Gasteiger partial charge in [-0.2, -0.15) is 0 Å². The highest BCUT2D eigenvalue weighted by molar-refractivity contribution is 9.09. The van der Waals surface area contributed by atoms with Gasteiger partial charge in [0.1, 0.15) is 5.69 Å². The fourth-order valence-corrected chi connectivity index (χ4v) is 0.743. The molecule has 0 aliphatic heterocycles. The molecule has 0 spiro atoms. The molecule has 0 aliphatic rings. The molecule has 0 aromatic carbocycles. The average molecular weight is 211 g/mol. The third kappa shape index (κ3) is 2.60. The summed E-state index contributed by atoms with van der Waals surface area (Å²) in [6.45, 7) is 0. The van der Waals surface area contributed by atoms with Gasteiger partial charge in [0.05, 0.1) is 17.2 Å². The first-order valence-electron chi connectivity index (χ1n) is 3.09. The summed E-state index contributed by atoms with van der Waals surface area (Å²) in [5, 5.41) is 0.666. The van der Waals surface area contributed by atoms with Crippen molar-refractivity contribution in [2.45, 2.75) is 0 Å². The zero-order chi connectivity index (χ0) is 8.10. The van der Waals surface area contributed by atoms with Gasteiger partial charge < -0.3 is 5.73 Å². The molecule has 1 rings (SSSR count). The molecule has 1 heterocycles. The summed E-state index contributed by atoms with van der Waals surface area (Å²) in [4.78, 5) is 4.00. The number of nitrogen functional groups attached to an aromatic ring is 1. The Morgan fingerprint density at radius 3 is 2.91 bits per heavy atom. The van der Waals surface area contributed by atoms with Crippen molar-refractivity contribution in [3.63, 3.8) is 0 Å². The Morgan fingerprint density at radius 1 is 1.55 bits per heavy atom. The Hall–Kier alpha value is -1.01. The van der Waals surface area contributed by atoms with Crippen molar-refractivity contribution < 1.29 is 0 Å². The molecule has 0 saturated heterocycles. The quantitative estimate of drug-likeness (QED) is 0.520. The van der Waals surface area contributed by atoms with E-state index in [2.05, 4.69) is 32.8 Å². The van der Waals surface area contributed by atoms with Crippen LogP contribution in [-0.4, -0.2) is 10.3 Å². The summed E-state index contributed by atoms with van der Waals surface area (Å²) >= 11 is 3.20. The number of hydrogen-bond acceptors (Lipinski definition) is 2. The van der Waals surface area contributed by atoms with Crippen LogP contribution < -0.4 is 5.73 Å². The van der Waals surface area contributed by atoms with E-state index < -0.39 is 0 Å². The lowest BCUT2D eigenvalue weighted by Crippen LogP contribution is -1.87. The van der Waals surface area contributed by atoms with Crippen LogP contribution in [0.5, 0.6) is 0 Å². The minimum absolute atomic E-state index is 0.661. The SMILES string of the molecule is Nc1ccc(C#CCBr)nc1. The van der Waals surface area contributed by atoms with E-state index in [1.165, 1.54) is 0 Å². The zero-order valence-corrected chi connectivity index (χ0v) is 7.43. The summed E-state index contributed by atoms with van der Waals surface area (Å²) in [6.07, 6.45) is 1.60. The molecular formula is C8H7BrN2. The van der Waals surface area contributed by atoms with Crippen LogP contribution in [0.3, 0.4) is 0 Å². The van der Waals surface area contributed by atoms with E-state index in [0.717, 1.165) is 5.69 Å². The van der Waals surface area contributed by atoms with Crippen molar-refractivity contribution in [3.05, 3.63) is 24.0 Å². The molecule has 3 heteroatoms. The Labute approximate surface area is 74.0 Å². The third-order valence-corrected chi connectivity index (χ3v) is 1.35. The maximum absolute atomic E-state index is 5.44. The summed E-state index contributed by atoms with van der Waals surface area (Å²) in [6, 6.07) is 3.58. The van der Waals surface area contributed by atoms with E-state index in [0.29, 0.717) is 11.0 Å². The zero-order valence-electron chi connectivity index (χ0n) is 5.84. The first-order valence-corrected chi connectivity index (χ1v) is 4.21. The predicted octanol–water partition coefficient (Wildman–Crippen LogP) is 1.41. The van der Waals surface area contributed by atoms with E-state index >= 15 is 0 Å². The van der Waals surface area contributed by atoms with Gasteiger partial charge in [0, 0.05) is 0 Å². The molecule has 0 saturated carbocycles. The van der Waals surface area contributed by atoms with Crippen molar-refractivity contribution in [2.24, 2.45) is 0 Å². The van der Waals surface area contributed by atoms with E-state index in [9.17, 15) is 0 Å². The molecule has 0 unspecified atom stereocenters. The number of nitrogens with zero attached hydrogens (tertiary/aromatic N) is 1. The summed E-state index contributed by atoms with van der Waals surface area (Å²) in [7, 11) is 0. The maximum atomic E-state index is 5.44. The van der Waals surface area contributed by atoms with Crippen LogP contribution in [0, 0.1) is 11.8 Å². The molecule has 0 amide bonds. The summed E-state index contributed by atoms with van der Waals surface area (Å²) in [5.74, 6) is 5.71. The van der Waals surface area contributed by atoms with Gasteiger partial charge in [0.15, 0.2) is 0 Å². The number of alkyl halides is 1. The Balaban J connectivity index is 2.82. The largest absolute Gasteiger partial charge is 0.397 e. The number of halogens is 1. The number of nitrogens with two attached hydrogens (primary N) is 1. The highest BCUT2D eigenvalue weighted by atomic mass is 79.9. The van der Waals surface area contributed by atoms with Crippen LogP contribution in [0.1, 0.15) is 5.69 Å². The Morgan fingerprint density at radius 2 is 2.36 bits per heavy atom. The van der Waals surface area contributed by atoms with Crippen LogP contribution in [0.2, 0.25) is 0 Å². The van der Waals surface area contributed by atoms with E-state index in [4.69, 9.17) is 5.73 Å². The van der Waals surface area contributed by atoms with Crippen molar-refractivity contribution in [2.75, 3.05) is 11.1 Å². The van der Waals surface area contributed by atoms with Gasteiger partial charge in [-0.3, -0.25) is 0 Å². The first-order chi connectivity index (χ1) is 5.33. The second kappa shape index (κ2) is 3.99. The van der Waals surface area contributed by atoms with Gasteiger partial charge in [-0.25, -0.2) is 4.98 Å². The van der Waals surface area contributed by atoms with Gasteiger partial charge >= 0.3 is 0 Å². The van der Waals surface area contributed by atoms with Crippen molar-refractivity contribution in [1.82, 2.24) is 4.98 Å². The molecular weight excluding hydrogens is 204 g/mol. The van der Waals surface area contributed by atoms with Gasteiger partial charge in [0.2, 0.25) is 0 Å². The topological polar surface area (TPSA) is 38.9 Å². The lowest BCUT2D eigenvalue weighted by molar-refractivity contribution is 1.29. The molecule has 0 atom stereocenters. The minimum Gasteiger partial charge on any atom is -0.397 e. The molecule has 0 aliphatic carbocycles. The smallest absolute Gasteiger partial charge is 0.113 e. The highest BCUT2D eigenvalue weighted by Crippen LogP contribution is 1.98. The van der Waals surface area contributed by atoms with Crippen LogP contribution in [0.15, 0.2) is 18.3 Å². The van der Waals surface area contributed by atoms with Crippen LogP contribution in [0.4, 0.5) is 5.69 Å². The van der Waals surface area contributed by atoms with Crippen LogP contribution in [-0.2, 0) is 0 Å². The molecule has 2 nitrogen and oxygen atoms in total. The number of anilines is 1. The third-order valence-electron chi connectivity index (χ3n) is 1.07. The van der Waals surface area contributed by atoms with Gasteiger partial charge in [-0.1, -0.05) is 21.9 Å². The second-order valence-electron chi connectivity index (χ2n) is 1.91. The van der Waals surface area contributed by atoms with Gasteiger partial charge in [0.25, 0.3) is 0 Å². The highest BCUT2D eigenvalue weighted by Gasteiger charge is 1.85. The molecule has 1 aromatic rings. The van der Waals surface area contributed by atoms with Crippen LogP contribution >= 0.6 is 15.9 Å². The van der Waals surface area contributed by atoms with Crippen molar-refractivity contribution >= 4 is 21.6 Å². The Bertz CT molecular complexity index is 281. The number of hydrogen-bond donors (Lipinski definition) is 1. The van der Waals surface area contributed by atoms with Crippen molar-refractivity contribution in [3.8, 4) is 11.8 Å². The molecule has 0 bridgehead atoms. The standard InChI is InChI=1S/C8H7BrN2/c9-5-1-2-8-4-3-7(10)6-11-8/h3-4,6H,5,10H2. The molecule has 0 radical (unpaired) electrons. The van der Waals surface area contributed by atoms with E-state index in [1.54, 1.807) is 18.3 Å². The Kier molecular flexibility index (Phi) is 2.94.